The van der Waals surface area contributed by atoms with E-state index in [0.717, 1.165) is 31.5 Å². The fourth-order valence-electron chi connectivity index (χ4n) is 4.35. The first kappa shape index (κ1) is 24.9. The number of halogens is 1. The number of guanidine groups is 1. The van der Waals surface area contributed by atoms with Crippen LogP contribution in [0.2, 0.25) is 0 Å². The number of hydrogen-bond acceptors (Lipinski definition) is 4. The van der Waals surface area contributed by atoms with E-state index in [-0.39, 0.29) is 24.0 Å². The standard InChI is InChI=1S/C19H37N3O3S.HI/c1-5-16(6-2)17-8-11-22(14-17)18(20-7-3)21-15-19(26(4,23)24)9-12-25-13-10-19;/h16-17H,5-15H2,1-4H3,(H,20,21);1H. The Morgan fingerprint density at radius 2 is 1.89 bits per heavy atom. The second-order valence-corrected chi connectivity index (χ2v) is 10.2. The van der Waals surface area contributed by atoms with Crippen molar-refractivity contribution in [3.05, 3.63) is 0 Å². The molecule has 0 amide bonds. The molecule has 160 valence electrons. The average molecular weight is 516 g/mol. The molecule has 8 heteroatoms. The van der Waals surface area contributed by atoms with Gasteiger partial charge >= 0.3 is 0 Å². The van der Waals surface area contributed by atoms with Crippen LogP contribution in [0.5, 0.6) is 0 Å². The highest BCUT2D eigenvalue weighted by Gasteiger charge is 2.42. The van der Waals surface area contributed by atoms with Crippen molar-refractivity contribution in [3.8, 4) is 0 Å². The maximum Gasteiger partial charge on any atom is 0.193 e. The van der Waals surface area contributed by atoms with Crippen LogP contribution in [-0.2, 0) is 14.6 Å². The number of hydrogen-bond donors (Lipinski definition) is 1. The van der Waals surface area contributed by atoms with Crippen molar-refractivity contribution in [3.63, 3.8) is 0 Å². The van der Waals surface area contributed by atoms with Gasteiger partial charge in [-0.3, -0.25) is 4.99 Å². The molecular weight excluding hydrogens is 477 g/mol. The molecule has 6 nitrogen and oxygen atoms in total. The SMILES string of the molecule is CCNC(=NCC1(S(C)(=O)=O)CCOCC1)N1CCC(C(CC)CC)C1.I. The van der Waals surface area contributed by atoms with Crippen LogP contribution in [0.4, 0.5) is 0 Å². The molecule has 2 rings (SSSR count). The monoisotopic (exact) mass is 515 g/mol. The summed E-state index contributed by atoms with van der Waals surface area (Å²) in [5, 5.41) is 3.38. The van der Waals surface area contributed by atoms with E-state index >= 15 is 0 Å². The third kappa shape index (κ3) is 6.19. The molecule has 0 aromatic rings. The predicted molar refractivity (Wildman–Crippen MR) is 123 cm³/mol. The normalized spacial score (nSPS) is 23.4. The summed E-state index contributed by atoms with van der Waals surface area (Å²) < 4.78 is 29.5. The molecule has 1 atom stereocenters. The van der Waals surface area contributed by atoms with Crippen LogP contribution in [0.25, 0.3) is 0 Å². The topological polar surface area (TPSA) is 71.0 Å². The van der Waals surface area contributed by atoms with Gasteiger partial charge in [0.05, 0.1) is 11.3 Å². The van der Waals surface area contributed by atoms with Gasteiger partial charge in [-0.25, -0.2) is 8.42 Å². The van der Waals surface area contributed by atoms with E-state index in [4.69, 9.17) is 9.73 Å². The molecule has 0 aromatic carbocycles. The lowest BCUT2D eigenvalue weighted by Crippen LogP contribution is -2.48. The van der Waals surface area contributed by atoms with E-state index in [1.54, 1.807) is 0 Å². The van der Waals surface area contributed by atoms with Gasteiger partial charge in [0.25, 0.3) is 0 Å². The minimum absolute atomic E-state index is 0. The molecule has 0 bridgehead atoms. The molecule has 27 heavy (non-hydrogen) atoms. The molecular formula is C19H38IN3O3S. The number of likely N-dealkylation sites (tertiary alicyclic amines) is 1. The van der Waals surface area contributed by atoms with Crippen LogP contribution in [0.15, 0.2) is 4.99 Å². The average Bonchev–Trinajstić information content (AvgIpc) is 3.09. The Morgan fingerprint density at radius 3 is 2.41 bits per heavy atom. The van der Waals surface area contributed by atoms with Crippen LogP contribution in [0, 0.1) is 11.8 Å². The van der Waals surface area contributed by atoms with Gasteiger partial charge in [0.2, 0.25) is 0 Å². The molecule has 0 aliphatic carbocycles. The van der Waals surface area contributed by atoms with Crippen molar-refractivity contribution in [2.24, 2.45) is 16.8 Å². The van der Waals surface area contributed by atoms with Crippen molar-refractivity contribution < 1.29 is 13.2 Å². The van der Waals surface area contributed by atoms with E-state index in [2.05, 4.69) is 31.0 Å². The Morgan fingerprint density at radius 1 is 1.26 bits per heavy atom. The van der Waals surface area contributed by atoms with E-state index in [1.807, 2.05) is 0 Å². The van der Waals surface area contributed by atoms with Gasteiger partial charge in [-0.05, 0) is 38.0 Å². The summed E-state index contributed by atoms with van der Waals surface area (Å²) in [6.45, 7) is 10.7. The smallest absolute Gasteiger partial charge is 0.193 e. The zero-order valence-electron chi connectivity index (χ0n) is 17.4. The first-order chi connectivity index (χ1) is 12.4. The van der Waals surface area contributed by atoms with Crippen molar-refractivity contribution in [1.82, 2.24) is 10.2 Å². The number of rotatable bonds is 7. The summed E-state index contributed by atoms with van der Waals surface area (Å²) >= 11 is 0. The molecule has 2 fully saturated rings. The lowest BCUT2D eigenvalue weighted by Gasteiger charge is -2.34. The van der Waals surface area contributed by atoms with Gasteiger partial charge in [-0.1, -0.05) is 26.7 Å². The summed E-state index contributed by atoms with van der Waals surface area (Å²) in [5.41, 5.74) is 0. The number of nitrogens with one attached hydrogen (secondary N) is 1. The maximum atomic E-state index is 12.5. The summed E-state index contributed by atoms with van der Waals surface area (Å²) in [6, 6.07) is 0. The van der Waals surface area contributed by atoms with Crippen molar-refractivity contribution in [1.29, 1.82) is 0 Å². The van der Waals surface area contributed by atoms with Gasteiger partial charge in [-0.2, -0.15) is 0 Å². The highest BCUT2D eigenvalue weighted by molar-refractivity contribution is 14.0. The summed E-state index contributed by atoms with van der Waals surface area (Å²) in [4.78, 5) is 7.12. The zero-order chi connectivity index (χ0) is 19.2. The second-order valence-electron chi connectivity index (χ2n) is 7.81. The van der Waals surface area contributed by atoms with Crippen LogP contribution in [-0.4, -0.2) is 69.7 Å². The molecule has 0 spiro atoms. The molecule has 2 saturated heterocycles. The fraction of sp³-hybridized carbons (Fsp3) is 0.947. The molecule has 2 aliphatic rings. The van der Waals surface area contributed by atoms with Crippen molar-refractivity contribution in [2.75, 3.05) is 45.6 Å². The van der Waals surface area contributed by atoms with Crippen molar-refractivity contribution in [2.45, 2.75) is 57.6 Å². The first-order valence-electron chi connectivity index (χ1n) is 10.2. The van der Waals surface area contributed by atoms with Gasteiger partial charge in [0, 0.05) is 39.1 Å². The Hall–Kier alpha value is -0.0900. The fourth-order valence-corrected chi connectivity index (χ4v) is 5.56. The Labute approximate surface area is 182 Å². The number of aliphatic imine (C=N–C) groups is 1. The largest absolute Gasteiger partial charge is 0.381 e. The lowest BCUT2D eigenvalue weighted by molar-refractivity contribution is 0.0767. The Balaban J connectivity index is 0.00000364. The van der Waals surface area contributed by atoms with E-state index < -0.39 is 14.6 Å². The van der Waals surface area contributed by atoms with E-state index in [0.29, 0.717) is 38.5 Å². The van der Waals surface area contributed by atoms with E-state index in [9.17, 15) is 8.42 Å². The number of ether oxygens (including phenoxy) is 1. The molecule has 2 aliphatic heterocycles. The second kappa shape index (κ2) is 11.2. The molecule has 1 N–H and O–H groups in total. The summed E-state index contributed by atoms with van der Waals surface area (Å²) in [6.07, 6.45) is 6.05. The molecule has 0 saturated carbocycles. The minimum atomic E-state index is -3.19. The molecule has 0 aromatic heterocycles. The van der Waals surface area contributed by atoms with E-state index in [1.165, 1.54) is 25.5 Å². The van der Waals surface area contributed by atoms with Gasteiger partial charge in [0.1, 0.15) is 0 Å². The van der Waals surface area contributed by atoms with Gasteiger partial charge in [0.15, 0.2) is 15.8 Å². The minimum Gasteiger partial charge on any atom is -0.381 e. The predicted octanol–water partition coefficient (Wildman–Crippen LogP) is 2.92. The van der Waals surface area contributed by atoms with Gasteiger partial charge < -0.3 is 15.0 Å². The van der Waals surface area contributed by atoms with Gasteiger partial charge in [-0.15, -0.1) is 24.0 Å². The Bertz CT molecular complexity index is 573. The number of sulfone groups is 1. The van der Waals surface area contributed by atoms with Crippen LogP contribution >= 0.6 is 24.0 Å². The highest BCUT2D eigenvalue weighted by atomic mass is 127. The van der Waals surface area contributed by atoms with Crippen LogP contribution in [0.1, 0.15) is 52.9 Å². The van der Waals surface area contributed by atoms with Crippen LogP contribution in [0.3, 0.4) is 0 Å². The quantitative estimate of drug-likeness (QED) is 0.321. The Kier molecular flexibility index (Phi) is 10.3. The molecule has 2 heterocycles. The lowest BCUT2D eigenvalue weighted by atomic mass is 9.87. The summed E-state index contributed by atoms with van der Waals surface area (Å²) in [7, 11) is -3.19. The maximum absolute atomic E-state index is 12.5. The molecule has 0 radical (unpaired) electrons. The summed E-state index contributed by atoms with van der Waals surface area (Å²) in [5.74, 6) is 2.34. The zero-order valence-corrected chi connectivity index (χ0v) is 20.5. The highest BCUT2D eigenvalue weighted by Crippen LogP contribution is 2.31. The van der Waals surface area contributed by atoms with Crippen molar-refractivity contribution >= 4 is 39.8 Å². The molecule has 1 unspecified atom stereocenters. The first-order valence-corrected chi connectivity index (χ1v) is 12.1. The third-order valence-corrected chi connectivity index (χ3v) is 8.39. The van der Waals surface area contributed by atoms with Crippen LogP contribution < -0.4 is 5.32 Å². The third-order valence-electron chi connectivity index (χ3n) is 6.28. The number of nitrogens with zero attached hydrogens (tertiary/aromatic N) is 2.